The zero-order chi connectivity index (χ0) is 19.0. The van der Waals surface area contributed by atoms with Crippen molar-refractivity contribution in [2.45, 2.75) is 5.92 Å². The average molecular weight is 363 g/mol. The molecule has 0 saturated heterocycles. The van der Waals surface area contributed by atoms with Gasteiger partial charge in [0.05, 0.1) is 10.8 Å². The largest absolute Gasteiger partial charge is 0.369 e. The summed E-state index contributed by atoms with van der Waals surface area (Å²) < 4.78 is 13.1. The van der Waals surface area contributed by atoms with Gasteiger partial charge in [0.15, 0.2) is 5.78 Å². The molecule has 0 amide bonds. The maximum Gasteiger partial charge on any atom is 0.270 e. The highest BCUT2D eigenvalue weighted by Gasteiger charge is 2.31. The number of Topliss-reactive ketones (excluding diaryl/α,β-unsaturated/α-hetero) is 1. The molecular formula is C20H14FN3O3. The van der Waals surface area contributed by atoms with Gasteiger partial charge in [0.2, 0.25) is 0 Å². The number of rotatable bonds is 4. The standard InChI is InChI=1S/C20H14FN3O3/c21-15-6-4-12(5-7-15)14-9-17-18(11-23-20(17)22-10-14)19(25)13-2-1-3-16(8-13)24(26)27/h1-10,18H,11H2,(H,22,23). The summed E-state index contributed by atoms with van der Waals surface area (Å²) in [7, 11) is 0. The molecule has 1 aliphatic heterocycles. The maximum absolute atomic E-state index is 13.1. The number of nitrogens with one attached hydrogen (secondary N) is 1. The highest BCUT2D eigenvalue weighted by Crippen LogP contribution is 2.35. The van der Waals surface area contributed by atoms with Crippen LogP contribution in [0.2, 0.25) is 0 Å². The van der Waals surface area contributed by atoms with E-state index in [1.165, 1.54) is 30.3 Å². The number of pyridine rings is 1. The second-order valence-corrected chi connectivity index (χ2v) is 6.27. The Morgan fingerprint density at radius 2 is 1.93 bits per heavy atom. The van der Waals surface area contributed by atoms with Gasteiger partial charge < -0.3 is 5.32 Å². The first-order valence-corrected chi connectivity index (χ1v) is 8.31. The van der Waals surface area contributed by atoms with E-state index in [1.807, 2.05) is 6.07 Å². The zero-order valence-corrected chi connectivity index (χ0v) is 14.1. The second kappa shape index (κ2) is 6.60. The number of nitro benzene ring substituents is 1. The molecule has 0 aliphatic carbocycles. The van der Waals surface area contributed by atoms with Gasteiger partial charge in [0.25, 0.3) is 5.69 Å². The summed E-state index contributed by atoms with van der Waals surface area (Å²) in [6.07, 6.45) is 1.67. The van der Waals surface area contributed by atoms with E-state index in [-0.39, 0.29) is 22.9 Å². The number of anilines is 1. The molecule has 6 nitrogen and oxygen atoms in total. The van der Waals surface area contributed by atoms with Crippen molar-refractivity contribution in [1.29, 1.82) is 0 Å². The van der Waals surface area contributed by atoms with E-state index in [2.05, 4.69) is 10.3 Å². The molecule has 1 unspecified atom stereocenters. The number of carbonyl (C=O) groups excluding carboxylic acids is 1. The molecule has 1 aliphatic rings. The van der Waals surface area contributed by atoms with Gasteiger partial charge in [-0.2, -0.15) is 0 Å². The Kier molecular flexibility index (Phi) is 4.12. The van der Waals surface area contributed by atoms with Crippen LogP contribution >= 0.6 is 0 Å². The molecule has 4 rings (SSSR count). The van der Waals surface area contributed by atoms with Crippen LogP contribution in [0, 0.1) is 15.9 Å². The Balaban J connectivity index is 1.69. The molecular weight excluding hydrogens is 349 g/mol. The number of ketones is 1. The summed E-state index contributed by atoms with van der Waals surface area (Å²) in [5.74, 6) is -0.407. The van der Waals surface area contributed by atoms with E-state index in [0.29, 0.717) is 12.4 Å². The lowest BCUT2D eigenvalue weighted by Crippen LogP contribution is -2.15. The van der Waals surface area contributed by atoms with Crippen LogP contribution in [-0.2, 0) is 0 Å². The fraction of sp³-hybridized carbons (Fsp3) is 0.100. The number of hydrogen-bond donors (Lipinski definition) is 1. The number of benzene rings is 2. The van der Waals surface area contributed by atoms with Crippen LogP contribution in [0.15, 0.2) is 60.8 Å². The van der Waals surface area contributed by atoms with Gasteiger partial charge in [0.1, 0.15) is 11.6 Å². The number of hydrogen-bond acceptors (Lipinski definition) is 5. The summed E-state index contributed by atoms with van der Waals surface area (Å²) in [4.78, 5) is 27.7. The molecule has 134 valence electrons. The molecule has 0 saturated carbocycles. The maximum atomic E-state index is 13.1. The zero-order valence-electron chi connectivity index (χ0n) is 14.1. The van der Waals surface area contributed by atoms with Crippen LogP contribution in [0.5, 0.6) is 0 Å². The molecule has 0 radical (unpaired) electrons. The number of nitro groups is 1. The van der Waals surface area contributed by atoms with Crippen molar-refractivity contribution in [3.05, 3.63) is 87.9 Å². The van der Waals surface area contributed by atoms with Crippen LogP contribution < -0.4 is 5.32 Å². The van der Waals surface area contributed by atoms with Gasteiger partial charge >= 0.3 is 0 Å². The summed E-state index contributed by atoms with van der Waals surface area (Å²) in [5.41, 5.74) is 2.46. The molecule has 7 heteroatoms. The van der Waals surface area contributed by atoms with Gasteiger partial charge in [-0.05, 0) is 23.8 Å². The number of fused-ring (bicyclic) bond motifs is 1. The van der Waals surface area contributed by atoms with E-state index >= 15 is 0 Å². The van der Waals surface area contributed by atoms with E-state index in [4.69, 9.17) is 0 Å². The van der Waals surface area contributed by atoms with Crippen LogP contribution in [0.3, 0.4) is 0 Å². The van der Waals surface area contributed by atoms with Crippen molar-refractivity contribution >= 4 is 17.3 Å². The molecule has 1 atom stereocenters. The van der Waals surface area contributed by atoms with E-state index in [1.54, 1.807) is 24.4 Å². The van der Waals surface area contributed by atoms with Crippen LogP contribution in [0.25, 0.3) is 11.1 Å². The molecule has 2 aromatic carbocycles. The van der Waals surface area contributed by atoms with E-state index in [0.717, 1.165) is 16.7 Å². The van der Waals surface area contributed by atoms with Crippen molar-refractivity contribution in [3.63, 3.8) is 0 Å². The third-order valence-electron chi connectivity index (χ3n) is 4.60. The Hall–Kier alpha value is -3.61. The Labute approximate surface area is 153 Å². The number of aromatic nitrogens is 1. The molecule has 1 N–H and O–H groups in total. The molecule has 0 spiro atoms. The van der Waals surface area contributed by atoms with Crippen molar-refractivity contribution in [2.24, 2.45) is 0 Å². The summed E-state index contributed by atoms with van der Waals surface area (Å²) >= 11 is 0. The van der Waals surface area contributed by atoms with Gasteiger partial charge in [-0.15, -0.1) is 0 Å². The van der Waals surface area contributed by atoms with Crippen LogP contribution in [0.1, 0.15) is 21.8 Å². The molecule has 0 bridgehead atoms. The predicted octanol–water partition coefficient (Wildman–Crippen LogP) is 4.19. The Bertz CT molecular complexity index is 1050. The van der Waals surface area contributed by atoms with E-state index < -0.39 is 10.8 Å². The molecule has 0 fully saturated rings. The smallest absolute Gasteiger partial charge is 0.270 e. The first kappa shape index (κ1) is 16.8. The first-order valence-electron chi connectivity index (χ1n) is 8.31. The highest BCUT2D eigenvalue weighted by molar-refractivity contribution is 6.03. The van der Waals surface area contributed by atoms with Gasteiger partial charge in [-0.3, -0.25) is 14.9 Å². The number of halogens is 1. The number of nitrogens with zero attached hydrogens (tertiary/aromatic N) is 2. The van der Waals surface area contributed by atoms with Gasteiger partial charge in [0, 0.05) is 41.6 Å². The lowest BCUT2D eigenvalue weighted by molar-refractivity contribution is -0.384. The normalized spacial score (nSPS) is 15.1. The summed E-state index contributed by atoms with van der Waals surface area (Å²) in [6.45, 7) is 0.372. The highest BCUT2D eigenvalue weighted by atomic mass is 19.1. The molecule has 2 heterocycles. The minimum Gasteiger partial charge on any atom is -0.369 e. The van der Waals surface area contributed by atoms with Gasteiger partial charge in [-0.1, -0.05) is 24.3 Å². The fourth-order valence-corrected chi connectivity index (χ4v) is 3.21. The first-order chi connectivity index (χ1) is 13.0. The SMILES string of the molecule is O=C(c1cccc([N+](=O)[O-])c1)C1CNc2ncc(-c3ccc(F)cc3)cc21. The summed E-state index contributed by atoms with van der Waals surface area (Å²) in [6, 6.07) is 13.6. The summed E-state index contributed by atoms with van der Waals surface area (Å²) in [5, 5.41) is 14.1. The van der Waals surface area contributed by atoms with Gasteiger partial charge in [-0.25, -0.2) is 9.37 Å². The fourth-order valence-electron chi connectivity index (χ4n) is 3.21. The molecule has 3 aromatic rings. The lowest BCUT2D eigenvalue weighted by Gasteiger charge is -2.10. The Morgan fingerprint density at radius 3 is 2.67 bits per heavy atom. The predicted molar refractivity (Wildman–Crippen MR) is 98.3 cm³/mol. The van der Waals surface area contributed by atoms with Crippen molar-refractivity contribution in [1.82, 2.24) is 4.98 Å². The van der Waals surface area contributed by atoms with Crippen molar-refractivity contribution < 1.29 is 14.1 Å². The minimum atomic E-state index is -0.522. The van der Waals surface area contributed by atoms with E-state index in [9.17, 15) is 19.3 Å². The second-order valence-electron chi connectivity index (χ2n) is 6.27. The third kappa shape index (κ3) is 3.15. The van der Waals surface area contributed by atoms with Crippen LogP contribution in [-0.4, -0.2) is 22.2 Å². The topological polar surface area (TPSA) is 85.1 Å². The quantitative estimate of drug-likeness (QED) is 0.427. The van der Waals surface area contributed by atoms with Crippen LogP contribution in [0.4, 0.5) is 15.9 Å². The number of non-ortho nitro benzene ring substituents is 1. The minimum absolute atomic E-state index is 0.120. The average Bonchev–Trinajstić information content (AvgIpc) is 3.11. The van der Waals surface area contributed by atoms with Crippen molar-refractivity contribution in [3.8, 4) is 11.1 Å². The monoisotopic (exact) mass is 363 g/mol. The third-order valence-corrected chi connectivity index (χ3v) is 4.60. The Morgan fingerprint density at radius 1 is 1.15 bits per heavy atom. The number of carbonyl (C=O) groups is 1. The lowest BCUT2D eigenvalue weighted by atomic mass is 9.91. The molecule has 1 aromatic heterocycles. The molecule has 27 heavy (non-hydrogen) atoms. The van der Waals surface area contributed by atoms with Crippen molar-refractivity contribution in [2.75, 3.05) is 11.9 Å².